The Morgan fingerprint density at radius 3 is 2.22 bits per heavy atom. The molecule has 0 fully saturated rings. The van der Waals surface area contributed by atoms with Gasteiger partial charge in [-0.2, -0.15) is 11.8 Å². The van der Waals surface area contributed by atoms with Crippen molar-refractivity contribution in [3.8, 4) is 0 Å². The van der Waals surface area contributed by atoms with E-state index in [1.165, 1.54) is 5.75 Å². The van der Waals surface area contributed by atoms with Crippen LogP contribution in [0.25, 0.3) is 0 Å². The summed E-state index contributed by atoms with van der Waals surface area (Å²) in [6, 6.07) is 0. The molecule has 0 amide bonds. The van der Waals surface area contributed by atoms with E-state index in [4.69, 9.17) is 5.73 Å². The van der Waals surface area contributed by atoms with Gasteiger partial charge in [0.25, 0.3) is 0 Å². The van der Waals surface area contributed by atoms with E-state index in [-0.39, 0.29) is 0 Å². The van der Waals surface area contributed by atoms with Gasteiger partial charge in [-0.05, 0) is 18.7 Å². The molecule has 2 heteroatoms. The molecular formula is C7H17NS. The first-order valence-corrected chi connectivity index (χ1v) is 4.39. The zero-order valence-corrected chi connectivity index (χ0v) is 7.42. The van der Waals surface area contributed by atoms with Crippen molar-refractivity contribution >= 4 is 11.8 Å². The summed E-state index contributed by atoms with van der Waals surface area (Å²) in [5.41, 5.74) is 5.34. The van der Waals surface area contributed by atoms with Crippen LogP contribution in [-0.4, -0.2) is 17.0 Å². The Morgan fingerprint density at radius 2 is 1.89 bits per heavy atom. The highest BCUT2D eigenvalue weighted by Gasteiger charge is 2.08. The minimum Gasteiger partial charge on any atom is -0.330 e. The maximum atomic E-state index is 5.34. The van der Waals surface area contributed by atoms with E-state index in [1.54, 1.807) is 0 Å². The first kappa shape index (κ1) is 9.31. The first-order valence-electron chi connectivity index (χ1n) is 3.40. The number of hydrogen-bond donors (Lipinski definition) is 1. The standard InChI is InChI=1S/C7H17NS/c1-7(2,3)9-6-4-5-8/h4-6,8H2,1-3H3. The Bertz CT molecular complexity index is 65.8. The summed E-state index contributed by atoms with van der Waals surface area (Å²) in [7, 11) is 0. The molecule has 2 N–H and O–H groups in total. The van der Waals surface area contributed by atoms with Crippen molar-refractivity contribution in [3.05, 3.63) is 0 Å². The quantitative estimate of drug-likeness (QED) is 0.617. The van der Waals surface area contributed by atoms with Crippen molar-refractivity contribution in [2.24, 2.45) is 5.73 Å². The van der Waals surface area contributed by atoms with Gasteiger partial charge in [0.2, 0.25) is 0 Å². The third-order valence-electron chi connectivity index (χ3n) is 0.884. The molecule has 0 rings (SSSR count). The third kappa shape index (κ3) is 8.31. The summed E-state index contributed by atoms with van der Waals surface area (Å²) in [4.78, 5) is 0. The van der Waals surface area contributed by atoms with Crippen LogP contribution in [0.2, 0.25) is 0 Å². The Morgan fingerprint density at radius 1 is 1.33 bits per heavy atom. The lowest BCUT2D eigenvalue weighted by molar-refractivity contribution is 0.797. The fraction of sp³-hybridized carbons (Fsp3) is 1.00. The van der Waals surface area contributed by atoms with Crippen LogP contribution >= 0.6 is 11.8 Å². The second kappa shape index (κ2) is 4.18. The first-order chi connectivity index (χ1) is 4.06. The summed E-state index contributed by atoms with van der Waals surface area (Å²) in [5.74, 6) is 1.19. The minimum absolute atomic E-state index is 0.412. The van der Waals surface area contributed by atoms with Crippen molar-refractivity contribution in [3.63, 3.8) is 0 Å². The summed E-state index contributed by atoms with van der Waals surface area (Å²) in [6.45, 7) is 7.51. The van der Waals surface area contributed by atoms with Crippen molar-refractivity contribution in [1.82, 2.24) is 0 Å². The summed E-state index contributed by atoms with van der Waals surface area (Å²) < 4.78 is 0.412. The van der Waals surface area contributed by atoms with Crippen LogP contribution in [0.1, 0.15) is 27.2 Å². The van der Waals surface area contributed by atoms with Crippen LogP contribution in [-0.2, 0) is 0 Å². The number of hydrogen-bond acceptors (Lipinski definition) is 2. The van der Waals surface area contributed by atoms with E-state index in [0.717, 1.165) is 13.0 Å². The van der Waals surface area contributed by atoms with Gasteiger partial charge in [0.15, 0.2) is 0 Å². The average molecular weight is 147 g/mol. The van der Waals surface area contributed by atoms with E-state index < -0.39 is 0 Å². The van der Waals surface area contributed by atoms with Crippen LogP contribution in [0, 0.1) is 0 Å². The van der Waals surface area contributed by atoms with Crippen LogP contribution in [0.3, 0.4) is 0 Å². The Kier molecular flexibility index (Phi) is 4.32. The van der Waals surface area contributed by atoms with Gasteiger partial charge >= 0.3 is 0 Å². The second-order valence-electron chi connectivity index (χ2n) is 3.10. The monoisotopic (exact) mass is 147 g/mol. The lowest BCUT2D eigenvalue weighted by Gasteiger charge is -2.16. The van der Waals surface area contributed by atoms with E-state index in [1.807, 2.05) is 11.8 Å². The van der Waals surface area contributed by atoms with E-state index in [2.05, 4.69) is 20.8 Å². The van der Waals surface area contributed by atoms with Gasteiger partial charge in [-0.3, -0.25) is 0 Å². The van der Waals surface area contributed by atoms with Gasteiger partial charge in [-0.1, -0.05) is 20.8 Å². The van der Waals surface area contributed by atoms with Crippen LogP contribution in [0.4, 0.5) is 0 Å². The zero-order valence-electron chi connectivity index (χ0n) is 6.61. The minimum atomic E-state index is 0.412. The fourth-order valence-corrected chi connectivity index (χ4v) is 1.39. The fourth-order valence-electron chi connectivity index (χ4n) is 0.462. The molecule has 0 aromatic rings. The molecule has 0 aliphatic heterocycles. The summed E-state index contributed by atoms with van der Waals surface area (Å²) >= 11 is 1.98. The number of rotatable bonds is 3. The lowest BCUT2D eigenvalue weighted by Crippen LogP contribution is -2.10. The van der Waals surface area contributed by atoms with Crippen molar-refractivity contribution < 1.29 is 0 Å². The van der Waals surface area contributed by atoms with Crippen molar-refractivity contribution in [1.29, 1.82) is 0 Å². The normalized spacial score (nSPS) is 12.0. The summed E-state index contributed by atoms with van der Waals surface area (Å²) in [6.07, 6.45) is 1.14. The molecule has 0 aliphatic rings. The predicted octanol–water partition coefficient (Wildman–Crippen LogP) is 1.87. The van der Waals surface area contributed by atoms with Gasteiger partial charge in [-0.15, -0.1) is 0 Å². The maximum Gasteiger partial charge on any atom is 0.00751 e. The molecule has 0 saturated carbocycles. The van der Waals surface area contributed by atoms with Gasteiger partial charge in [0.05, 0.1) is 0 Å². The molecule has 0 saturated heterocycles. The molecule has 0 aromatic heterocycles. The number of thioether (sulfide) groups is 1. The van der Waals surface area contributed by atoms with Gasteiger partial charge in [-0.25, -0.2) is 0 Å². The molecule has 0 heterocycles. The smallest absolute Gasteiger partial charge is 0.00751 e. The van der Waals surface area contributed by atoms with E-state index in [0.29, 0.717) is 4.75 Å². The zero-order chi connectivity index (χ0) is 7.33. The van der Waals surface area contributed by atoms with Gasteiger partial charge < -0.3 is 5.73 Å². The highest BCUT2D eigenvalue weighted by atomic mass is 32.2. The largest absolute Gasteiger partial charge is 0.330 e. The molecule has 0 aromatic carbocycles. The molecule has 56 valence electrons. The molecule has 0 atom stereocenters. The molecule has 1 nitrogen and oxygen atoms in total. The van der Waals surface area contributed by atoms with Crippen LogP contribution < -0.4 is 5.73 Å². The SMILES string of the molecule is CC(C)(C)SCCCN. The molecule has 0 unspecified atom stereocenters. The highest BCUT2D eigenvalue weighted by Crippen LogP contribution is 2.22. The van der Waals surface area contributed by atoms with Gasteiger partial charge in [0.1, 0.15) is 0 Å². The predicted molar refractivity (Wildman–Crippen MR) is 45.9 cm³/mol. The van der Waals surface area contributed by atoms with Crippen LogP contribution in [0.15, 0.2) is 0 Å². The van der Waals surface area contributed by atoms with Crippen LogP contribution in [0.5, 0.6) is 0 Å². The highest BCUT2D eigenvalue weighted by molar-refractivity contribution is 8.00. The third-order valence-corrected chi connectivity index (χ3v) is 2.24. The Labute approximate surface area is 62.4 Å². The summed E-state index contributed by atoms with van der Waals surface area (Å²) in [5, 5.41) is 0. The molecule has 9 heavy (non-hydrogen) atoms. The topological polar surface area (TPSA) is 26.0 Å². The molecule has 0 radical (unpaired) electrons. The molecule has 0 aliphatic carbocycles. The molecular weight excluding hydrogens is 130 g/mol. The molecule has 0 spiro atoms. The Balaban J connectivity index is 3.07. The van der Waals surface area contributed by atoms with Gasteiger partial charge in [0, 0.05) is 4.75 Å². The molecule has 0 bridgehead atoms. The van der Waals surface area contributed by atoms with Crippen molar-refractivity contribution in [2.45, 2.75) is 31.9 Å². The van der Waals surface area contributed by atoms with E-state index >= 15 is 0 Å². The maximum absolute atomic E-state index is 5.34. The average Bonchev–Trinajstić information content (AvgIpc) is 1.63. The second-order valence-corrected chi connectivity index (χ2v) is 5.02. The lowest BCUT2D eigenvalue weighted by atomic mass is 10.3. The number of nitrogens with two attached hydrogens (primary N) is 1. The van der Waals surface area contributed by atoms with E-state index in [9.17, 15) is 0 Å². The Hall–Kier alpha value is 0.310. The van der Waals surface area contributed by atoms with Crippen molar-refractivity contribution in [2.75, 3.05) is 12.3 Å².